The zero-order valence-corrected chi connectivity index (χ0v) is 21.8. The van der Waals surface area contributed by atoms with Gasteiger partial charge in [-0.25, -0.2) is 18.2 Å². The molecular formula is C27H26F3N7O3. The van der Waals surface area contributed by atoms with Gasteiger partial charge in [0.25, 0.3) is 5.91 Å². The number of pyridine rings is 1. The number of fused-ring (bicyclic) bond motifs is 1. The van der Waals surface area contributed by atoms with Gasteiger partial charge < -0.3 is 19.6 Å². The van der Waals surface area contributed by atoms with Crippen LogP contribution in [-0.2, 0) is 4.79 Å². The number of carbonyl (C=O) groups excluding carboxylic acids is 2. The van der Waals surface area contributed by atoms with Crippen LogP contribution in [0.4, 0.5) is 24.5 Å². The van der Waals surface area contributed by atoms with E-state index in [1.54, 1.807) is 22.3 Å². The highest BCUT2D eigenvalue weighted by atomic mass is 19.3. The van der Waals surface area contributed by atoms with Crippen molar-refractivity contribution in [3.63, 3.8) is 0 Å². The van der Waals surface area contributed by atoms with E-state index in [9.17, 15) is 22.8 Å². The van der Waals surface area contributed by atoms with Crippen LogP contribution in [0.2, 0.25) is 0 Å². The molecule has 4 aromatic rings. The number of rotatable bonds is 5. The van der Waals surface area contributed by atoms with Crippen LogP contribution in [0.1, 0.15) is 47.6 Å². The molecule has 40 heavy (non-hydrogen) atoms. The standard InChI is InChI=1S/C27H26F3N7O3/c1-15-20(28)9-17(24-33-26(40-34-24)18-11-27(29,30)12-18)10-21(15)32-25(39)22-13-31-23-4-3-19(14-37(22)23)36-7-5-35(6-8-36)16(2)38/h3-4,9-10,13-14,18H,5-8,11-12H2,1-2H3,(H,32,39). The van der Waals surface area contributed by atoms with Gasteiger partial charge in [-0.2, -0.15) is 4.98 Å². The van der Waals surface area contributed by atoms with Crippen LogP contribution in [0, 0.1) is 12.7 Å². The molecule has 6 rings (SSSR count). The number of alkyl halides is 2. The summed E-state index contributed by atoms with van der Waals surface area (Å²) in [6.45, 7) is 5.63. The summed E-state index contributed by atoms with van der Waals surface area (Å²) >= 11 is 0. The van der Waals surface area contributed by atoms with Crippen LogP contribution in [0.3, 0.4) is 0 Å². The van der Waals surface area contributed by atoms with Gasteiger partial charge in [-0.05, 0) is 31.2 Å². The number of nitrogens with one attached hydrogen (secondary N) is 1. The Bertz CT molecular complexity index is 1620. The SMILES string of the molecule is CC(=O)N1CCN(c2ccc3ncc(C(=O)Nc4cc(-c5noc(C6CC(F)(F)C6)n5)cc(F)c4C)n3c2)CC1. The molecule has 1 saturated heterocycles. The Morgan fingerprint density at radius 3 is 2.58 bits per heavy atom. The van der Waals surface area contributed by atoms with Gasteiger partial charge in [-0.3, -0.25) is 14.0 Å². The summed E-state index contributed by atoms with van der Waals surface area (Å²) in [5, 5.41) is 6.59. The van der Waals surface area contributed by atoms with Crippen LogP contribution in [0.15, 0.2) is 41.2 Å². The van der Waals surface area contributed by atoms with Gasteiger partial charge in [0.2, 0.25) is 23.5 Å². The fourth-order valence-electron chi connectivity index (χ4n) is 5.08. The van der Waals surface area contributed by atoms with E-state index in [1.165, 1.54) is 25.3 Å². The molecule has 1 aliphatic carbocycles. The van der Waals surface area contributed by atoms with Crippen molar-refractivity contribution in [2.75, 3.05) is 36.4 Å². The Morgan fingerprint density at radius 2 is 1.88 bits per heavy atom. The van der Waals surface area contributed by atoms with Crippen LogP contribution >= 0.6 is 0 Å². The van der Waals surface area contributed by atoms with E-state index in [1.807, 2.05) is 12.3 Å². The molecule has 1 aliphatic heterocycles. The Morgan fingerprint density at radius 1 is 1.12 bits per heavy atom. The number of halogens is 3. The first kappa shape index (κ1) is 25.8. The first-order chi connectivity index (χ1) is 19.1. The van der Waals surface area contributed by atoms with Gasteiger partial charge in [-0.1, -0.05) is 5.16 Å². The summed E-state index contributed by atoms with van der Waals surface area (Å²) in [4.78, 5) is 37.4. The number of benzene rings is 1. The van der Waals surface area contributed by atoms with Gasteiger partial charge in [0.05, 0.1) is 11.9 Å². The lowest BCUT2D eigenvalue weighted by Gasteiger charge is -2.35. The summed E-state index contributed by atoms with van der Waals surface area (Å²) in [6, 6.07) is 6.45. The molecule has 13 heteroatoms. The minimum Gasteiger partial charge on any atom is -0.367 e. The average Bonchev–Trinajstić information content (AvgIpc) is 3.57. The molecule has 2 fully saturated rings. The minimum absolute atomic E-state index is 0.0438. The van der Waals surface area contributed by atoms with Crippen molar-refractivity contribution in [3.05, 3.63) is 59.6 Å². The second-order valence-electron chi connectivity index (χ2n) is 10.3. The average molecular weight is 554 g/mol. The molecule has 10 nitrogen and oxygen atoms in total. The van der Waals surface area contributed by atoms with Gasteiger partial charge in [0, 0.05) is 74.9 Å². The Kier molecular flexibility index (Phi) is 6.23. The number of hydrogen-bond donors (Lipinski definition) is 1. The van der Waals surface area contributed by atoms with Gasteiger partial charge >= 0.3 is 0 Å². The molecule has 1 saturated carbocycles. The topological polar surface area (TPSA) is 109 Å². The number of amides is 2. The molecule has 208 valence electrons. The number of imidazole rings is 1. The van der Waals surface area contributed by atoms with Gasteiger partial charge in [-0.15, -0.1) is 0 Å². The zero-order chi connectivity index (χ0) is 28.2. The fourth-order valence-corrected chi connectivity index (χ4v) is 5.08. The third-order valence-electron chi connectivity index (χ3n) is 7.54. The highest BCUT2D eigenvalue weighted by molar-refractivity contribution is 6.04. The monoisotopic (exact) mass is 553 g/mol. The summed E-state index contributed by atoms with van der Waals surface area (Å²) < 4.78 is 48.2. The lowest BCUT2D eigenvalue weighted by Crippen LogP contribution is -2.48. The Hall–Kier alpha value is -4.42. The molecule has 0 spiro atoms. The third kappa shape index (κ3) is 4.75. The van der Waals surface area contributed by atoms with Crippen molar-refractivity contribution in [2.45, 2.75) is 38.5 Å². The number of piperazine rings is 1. The summed E-state index contributed by atoms with van der Waals surface area (Å²) in [5.41, 5.74) is 2.34. The number of carbonyl (C=O) groups is 2. The molecule has 1 aromatic carbocycles. The van der Waals surface area contributed by atoms with E-state index in [0.717, 1.165) is 5.69 Å². The van der Waals surface area contributed by atoms with E-state index in [4.69, 9.17) is 4.52 Å². The Labute approximate surface area is 226 Å². The van der Waals surface area contributed by atoms with Crippen LogP contribution in [0.25, 0.3) is 17.0 Å². The number of nitrogens with zero attached hydrogens (tertiary/aromatic N) is 6. The number of aromatic nitrogens is 4. The molecule has 2 aliphatic rings. The molecule has 4 heterocycles. The second kappa shape index (κ2) is 9.65. The van der Waals surface area contributed by atoms with Gasteiger partial charge in [0.1, 0.15) is 17.2 Å². The summed E-state index contributed by atoms with van der Waals surface area (Å²) in [7, 11) is 0. The molecule has 3 aromatic heterocycles. The summed E-state index contributed by atoms with van der Waals surface area (Å²) in [5.74, 6) is -4.21. The summed E-state index contributed by atoms with van der Waals surface area (Å²) in [6.07, 6.45) is 2.52. The Balaban J connectivity index is 1.23. The van der Waals surface area contributed by atoms with E-state index in [0.29, 0.717) is 31.8 Å². The minimum atomic E-state index is -2.74. The quantitative estimate of drug-likeness (QED) is 0.393. The van der Waals surface area contributed by atoms with E-state index in [-0.39, 0.29) is 53.0 Å². The second-order valence-corrected chi connectivity index (χ2v) is 10.3. The maximum absolute atomic E-state index is 14.9. The van der Waals surface area contributed by atoms with Crippen molar-refractivity contribution in [1.82, 2.24) is 24.4 Å². The highest BCUT2D eigenvalue weighted by Gasteiger charge is 2.48. The molecule has 1 N–H and O–H groups in total. The van der Waals surface area contributed by atoms with Crippen LogP contribution in [-0.4, -0.2) is 68.3 Å². The van der Waals surface area contributed by atoms with Gasteiger partial charge in [0.15, 0.2) is 0 Å². The highest BCUT2D eigenvalue weighted by Crippen LogP contribution is 2.48. The van der Waals surface area contributed by atoms with Crippen molar-refractivity contribution >= 4 is 28.8 Å². The molecular weight excluding hydrogens is 527 g/mol. The lowest BCUT2D eigenvalue weighted by atomic mass is 9.81. The van der Waals surface area contributed by atoms with E-state index in [2.05, 4.69) is 25.3 Å². The first-order valence-corrected chi connectivity index (χ1v) is 12.9. The molecule has 0 bridgehead atoms. The molecule has 0 radical (unpaired) electrons. The van der Waals surface area contributed by atoms with Crippen LogP contribution < -0.4 is 10.2 Å². The largest absolute Gasteiger partial charge is 0.367 e. The predicted octanol–water partition coefficient (Wildman–Crippen LogP) is 4.27. The maximum atomic E-state index is 14.9. The molecule has 0 unspecified atom stereocenters. The van der Waals surface area contributed by atoms with E-state index < -0.39 is 23.6 Å². The van der Waals surface area contributed by atoms with Crippen LogP contribution in [0.5, 0.6) is 0 Å². The maximum Gasteiger partial charge on any atom is 0.274 e. The smallest absolute Gasteiger partial charge is 0.274 e. The third-order valence-corrected chi connectivity index (χ3v) is 7.54. The van der Waals surface area contributed by atoms with Crippen molar-refractivity contribution in [3.8, 4) is 11.4 Å². The van der Waals surface area contributed by atoms with E-state index >= 15 is 0 Å². The fraction of sp³-hybridized carbons (Fsp3) is 0.370. The number of hydrogen-bond acceptors (Lipinski definition) is 7. The van der Waals surface area contributed by atoms with Crippen molar-refractivity contribution in [1.29, 1.82) is 0 Å². The zero-order valence-electron chi connectivity index (χ0n) is 21.8. The molecule has 0 atom stereocenters. The van der Waals surface area contributed by atoms with Crippen molar-refractivity contribution < 1.29 is 27.3 Å². The lowest BCUT2D eigenvalue weighted by molar-refractivity contribution is -0.129. The van der Waals surface area contributed by atoms with Crippen molar-refractivity contribution in [2.24, 2.45) is 0 Å². The predicted molar refractivity (Wildman–Crippen MR) is 139 cm³/mol. The normalized spacial score (nSPS) is 17.2. The molecule has 2 amide bonds. The first-order valence-electron chi connectivity index (χ1n) is 12.9. The number of anilines is 2.